The Bertz CT molecular complexity index is 1200. The maximum Gasteiger partial charge on any atom is 0.264 e. The minimum atomic E-state index is -0.129. The fraction of sp³-hybridized carbons (Fsp3) is 0.364. The molecule has 7 nitrogen and oxygen atoms in total. The number of aryl methyl sites for hydroxylation is 1. The molecule has 0 bridgehead atoms. The molecule has 1 N–H and O–H groups in total. The van der Waals surface area contributed by atoms with Crippen LogP contribution in [0, 0.1) is 5.92 Å². The molecular weight excluding hydrogens is 368 g/mol. The molecule has 3 heterocycles. The SMILES string of the molecule is Cn1cnc2cc(-c3ccc4c(c3)CC(=O)C4)nc(N3CC[C@H](CO)C3)c2c1=O. The zero-order valence-electron chi connectivity index (χ0n) is 16.3. The molecule has 1 saturated heterocycles. The Kier molecular flexibility index (Phi) is 4.20. The van der Waals surface area contributed by atoms with Crippen molar-refractivity contribution < 1.29 is 9.90 Å². The zero-order valence-corrected chi connectivity index (χ0v) is 16.3. The third-order valence-electron chi connectivity index (χ3n) is 6.00. The minimum Gasteiger partial charge on any atom is -0.396 e. The normalized spacial score (nSPS) is 18.6. The summed E-state index contributed by atoms with van der Waals surface area (Å²) < 4.78 is 1.47. The second kappa shape index (κ2) is 6.77. The third kappa shape index (κ3) is 3.02. The monoisotopic (exact) mass is 390 g/mol. The first kappa shape index (κ1) is 18.0. The van der Waals surface area contributed by atoms with E-state index in [2.05, 4.69) is 9.88 Å². The molecule has 7 heteroatoms. The molecule has 0 amide bonds. The predicted molar refractivity (Wildman–Crippen MR) is 110 cm³/mol. The Balaban J connectivity index is 1.68. The molecule has 1 fully saturated rings. The van der Waals surface area contributed by atoms with E-state index in [-0.39, 0.29) is 23.9 Å². The summed E-state index contributed by atoms with van der Waals surface area (Å²) in [6, 6.07) is 7.85. The summed E-state index contributed by atoms with van der Waals surface area (Å²) >= 11 is 0. The lowest BCUT2D eigenvalue weighted by Crippen LogP contribution is -2.26. The lowest BCUT2D eigenvalue weighted by atomic mass is 10.0. The van der Waals surface area contributed by atoms with Crippen LogP contribution in [0.25, 0.3) is 22.2 Å². The number of carbonyl (C=O) groups excluding carboxylic acids is 1. The topological polar surface area (TPSA) is 88.3 Å². The van der Waals surface area contributed by atoms with Crippen molar-refractivity contribution in [3.8, 4) is 11.3 Å². The van der Waals surface area contributed by atoms with Gasteiger partial charge in [-0.25, -0.2) is 9.97 Å². The van der Waals surface area contributed by atoms with Crippen molar-refractivity contribution in [1.29, 1.82) is 0 Å². The number of anilines is 1. The van der Waals surface area contributed by atoms with Crippen LogP contribution in [0.3, 0.4) is 0 Å². The molecular formula is C22H22N4O3. The Morgan fingerprint density at radius 3 is 2.79 bits per heavy atom. The minimum absolute atomic E-state index is 0.128. The van der Waals surface area contributed by atoms with E-state index < -0.39 is 0 Å². The van der Waals surface area contributed by atoms with Crippen molar-refractivity contribution in [3.63, 3.8) is 0 Å². The van der Waals surface area contributed by atoms with Gasteiger partial charge in [-0.15, -0.1) is 0 Å². The summed E-state index contributed by atoms with van der Waals surface area (Å²) in [4.78, 5) is 36.1. The summed E-state index contributed by atoms with van der Waals surface area (Å²) in [7, 11) is 1.69. The molecule has 1 aromatic carbocycles. The second-order valence-corrected chi connectivity index (χ2v) is 8.04. The van der Waals surface area contributed by atoms with Gasteiger partial charge >= 0.3 is 0 Å². The fourth-order valence-corrected chi connectivity index (χ4v) is 4.36. The maximum absolute atomic E-state index is 12.9. The van der Waals surface area contributed by atoms with Gasteiger partial charge in [-0.1, -0.05) is 12.1 Å². The van der Waals surface area contributed by atoms with Gasteiger partial charge in [-0.05, 0) is 29.7 Å². The average molecular weight is 390 g/mol. The van der Waals surface area contributed by atoms with Gasteiger partial charge in [0.05, 0.1) is 17.5 Å². The Labute approximate surface area is 167 Å². The molecule has 2 aromatic heterocycles. The third-order valence-corrected chi connectivity index (χ3v) is 6.00. The van der Waals surface area contributed by atoms with Crippen molar-refractivity contribution in [3.05, 3.63) is 52.1 Å². The summed E-state index contributed by atoms with van der Waals surface area (Å²) in [5.74, 6) is 1.04. The van der Waals surface area contributed by atoms with Gasteiger partial charge in [0, 0.05) is 51.1 Å². The smallest absolute Gasteiger partial charge is 0.264 e. The van der Waals surface area contributed by atoms with Crippen molar-refractivity contribution in [1.82, 2.24) is 14.5 Å². The van der Waals surface area contributed by atoms with Crippen LogP contribution in [0.5, 0.6) is 0 Å². The highest BCUT2D eigenvalue weighted by molar-refractivity contribution is 5.92. The summed E-state index contributed by atoms with van der Waals surface area (Å²) in [5, 5.41) is 10.0. The van der Waals surface area contributed by atoms with Gasteiger partial charge in [0.2, 0.25) is 0 Å². The quantitative estimate of drug-likeness (QED) is 0.729. The molecule has 0 unspecified atom stereocenters. The highest BCUT2D eigenvalue weighted by Gasteiger charge is 2.27. The van der Waals surface area contributed by atoms with Crippen LogP contribution in [0.1, 0.15) is 17.5 Å². The van der Waals surface area contributed by atoms with Crippen LogP contribution >= 0.6 is 0 Å². The van der Waals surface area contributed by atoms with Crippen molar-refractivity contribution >= 4 is 22.5 Å². The maximum atomic E-state index is 12.9. The first-order chi connectivity index (χ1) is 14.0. The van der Waals surface area contributed by atoms with E-state index in [1.807, 2.05) is 24.3 Å². The van der Waals surface area contributed by atoms with Gasteiger partial charge in [0.15, 0.2) is 0 Å². The van der Waals surface area contributed by atoms with Crippen molar-refractivity contribution in [2.75, 3.05) is 24.6 Å². The van der Waals surface area contributed by atoms with Crippen LogP contribution in [0.2, 0.25) is 0 Å². The van der Waals surface area contributed by atoms with E-state index in [4.69, 9.17) is 4.98 Å². The standard InChI is InChI=1S/C22H22N4O3/c1-25-12-23-19-9-18(15-3-2-14-7-17(28)8-16(14)6-15)24-21(20(19)22(25)29)26-5-4-13(10-26)11-27/h2-3,6,9,12-13,27H,4-5,7-8,10-11H2,1H3/t13-/m0/s1. The van der Waals surface area contributed by atoms with E-state index in [9.17, 15) is 14.7 Å². The first-order valence-electron chi connectivity index (χ1n) is 9.89. The van der Waals surface area contributed by atoms with Gasteiger partial charge in [0.25, 0.3) is 5.56 Å². The van der Waals surface area contributed by atoms with E-state index in [1.165, 1.54) is 10.9 Å². The molecule has 0 spiro atoms. The predicted octanol–water partition coefficient (Wildman–Crippen LogP) is 1.48. The number of hydrogen-bond acceptors (Lipinski definition) is 6. The van der Waals surface area contributed by atoms with Crippen LogP contribution in [0.15, 0.2) is 35.4 Å². The highest BCUT2D eigenvalue weighted by Crippen LogP contribution is 2.32. The number of fused-ring (bicyclic) bond motifs is 2. The molecule has 0 radical (unpaired) electrons. The van der Waals surface area contributed by atoms with Crippen LogP contribution in [-0.4, -0.2) is 45.1 Å². The molecule has 1 aliphatic carbocycles. The number of aromatic nitrogens is 3. The van der Waals surface area contributed by atoms with Crippen LogP contribution in [-0.2, 0) is 24.7 Å². The molecule has 3 aromatic rings. The van der Waals surface area contributed by atoms with Crippen molar-refractivity contribution in [2.45, 2.75) is 19.3 Å². The molecule has 148 valence electrons. The van der Waals surface area contributed by atoms with E-state index in [1.54, 1.807) is 7.05 Å². The van der Waals surface area contributed by atoms with E-state index in [0.29, 0.717) is 36.1 Å². The number of carbonyl (C=O) groups is 1. The zero-order chi connectivity index (χ0) is 20.1. The molecule has 1 atom stereocenters. The Hall–Kier alpha value is -3.06. The van der Waals surface area contributed by atoms with E-state index in [0.717, 1.165) is 35.3 Å². The second-order valence-electron chi connectivity index (χ2n) is 8.04. The number of benzene rings is 1. The van der Waals surface area contributed by atoms with E-state index >= 15 is 0 Å². The number of pyridine rings is 1. The van der Waals surface area contributed by atoms with Gasteiger partial charge in [-0.3, -0.25) is 9.59 Å². The number of hydrogen-bond donors (Lipinski definition) is 1. The number of Topliss-reactive ketones (excluding diaryl/α,β-unsaturated/α-hetero) is 1. The summed E-state index contributed by atoms with van der Waals surface area (Å²) in [6.07, 6.45) is 3.36. The first-order valence-corrected chi connectivity index (χ1v) is 9.89. The average Bonchev–Trinajstić information content (AvgIpc) is 3.35. The largest absolute Gasteiger partial charge is 0.396 e. The van der Waals surface area contributed by atoms with Crippen LogP contribution < -0.4 is 10.5 Å². The summed E-state index contributed by atoms with van der Waals surface area (Å²) in [6.45, 7) is 1.54. The number of rotatable bonds is 3. The number of ketones is 1. The number of nitrogens with zero attached hydrogens (tertiary/aromatic N) is 4. The van der Waals surface area contributed by atoms with Crippen molar-refractivity contribution in [2.24, 2.45) is 13.0 Å². The molecule has 0 saturated carbocycles. The number of aliphatic hydroxyl groups excluding tert-OH is 1. The van der Waals surface area contributed by atoms with Gasteiger partial charge in [0.1, 0.15) is 17.0 Å². The molecule has 29 heavy (non-hydrogen) atoms. The lowest BCUT2D eigenvalue weighted by Gasteiger charge is -2.20. The van der Waals surface area contributed by atoms with Crippen LogP contribution in [0.4, 0.5) is 5.82 Å². The molecule has 2 aliphatic rings. The Morgan fingerprint density at radius 1 is 1.17 bits per heavy atom. The molecule has 1 aliphatic heterocycles. The van der Waals surface area contributed by atoms with Gasteiger partial charge < -0.3 is 14.6 Å². The fourth-order valence-electron chi connectivity index (χ4n) is 4.36. The van der Waals surface area contributed by atoms with Gasteiger partial charge in [-0.2, -0.15) is 0 Å². The lowest BCUT2D eigenvalue weighted by molar-refractivity contribution is -0.117. The summed E-state index contributed by atoms with van der Waals surface area (Å²) in [5.41, 5.74) is 4.27. The number of aliphatic hydroxyl groups is 1. The Morgan fingerprint density at radius 2 is 2.00 bits per heavy atom. The molecule has 5 rings (SSSR count). The highest BCUT2D eigenvalue weighted by atomic mass is 16.3.